The highest BCUT2D eigenvalue weighted by Crippen LogP contribution is 2.65. The number of hydrogen-bond donors (Lipinski definition) is 2. The van der Waals surface area contributed by atoms with Gasteiger partial charge < -0.3 is 10.4 Å². The second-order valence-electron chi connectivity index (χ2n) is 9.07. The molecule has 23 heavy (non-hydrogen) atoms. The topological polar surface area (TPSA) is 65.2 Å². The van der Waals surface area contributed by atoms with Crippen molar-refractivity contribution in [3.05, 3.63) is 0 Å². The highest BCUT2D eigenvalue weighted by Gasteiger charge is 2.59. The zero-order valence-corrected chi connectivity index (χ0v) is 14.5. The van der Waals surface area contributed by atoms with Crippen LogP contribution in [0.3, 0.4) is 0 Å². The third-order valence-electron chi connectivity index (χ3n) is 8.50. The molecular weight excluding hydrogens is 288 g/mol. The normalized spacial score (nSPS) is 53.0. The summed E-state index contributed by atoms with van der Waals surface area (Å²) < 4.78 is 0. The Labute approximate surface area is 139 Å². The Morgan fingerprint density at radius 1 is 0.913 bits per heavy atom. The van der Waals surface area contributed by atoms with E-state index in [9.17, 15) is 5.21 Å². The van der Waals surface area contributed by atoms with Gasteiger partial charge in [-0.1, -0.05) is 24.2 Å². The second-order valence-corrected chi connectivity index (χ2v) is 9.07. The minimum Gasteiger partial charge on any atom is -0.411 e. The molecule has 4 nitrogen and oxygen atoms in total. The van der Waals surface area contributed by atoms with E-state index in [2.05, 4.69) is 24.2 Å². The van der Waals surface area contributed by atoms with Crippen molar-refractivity contribution < 1.29 is 10.4 Å². The number of oxime groups is 2. The molecule has 6 atom stereocenters. The van der Waals surface area contributed by atoms with E-state index >= 15 is 0 Å². The molecule has 4 rings (SSSR count). The maximum absolute atomic E-state index is 9.41. The Balaban J connectivity index is 1.63. The van der Waals surface area contributed by atoms with E-state index in [-0.39, 0.29) is 5.41 Å². The van der Waals surface area contributed by atoms with E-state index in [0.29, 0.717) is 17.3 Å². The summed E-state index contributed by atoms with van der Waals surface area (Å²) in [5.74, 6) is 3.00. The van der Waals surface area contributed by atoms with Crippen LogP contribution >= 0.6 is 0 Å². The van der Waals surface area contributed by atoms with Crippen LogP contribution in [0.2, 0.25) is 0 Å². The largest absolute Gasteiger partial charge is 0.411 e. The first kappa shape index (κ1) is 15.5. The maximum Gasteiger partial charge on any atom is 0.0632 e. The van der Waals surface area contributed by atoms with Gasteiger partial charge in [-0.15, -0.1) is 0 Å². The summed E-state index contributed by atoms with van der Waals surface area (Å²) in [7, 11) is 0. The van der Waals surface area contributed by atoms with E-state index in [1.165, 1.54) is 38.5 Å². The van der Waals surface area contributed by atoms with Gasteiger partial charge in [-0.05, 0) is 86.9 Å². The fourth-order valence-corrected chi connectivity index (χ4v) is 7.10. The van der Waals surface area contributed by atoms with Crippen LogP contribution in [0.5, 0.6) is 0 Å². The monoisotopic (exact) mass is 318 g/mol. The van der Waals surface area contributed by atoms with Crippen molar-refractivity contribution in [2.45, 2.75) is 71.6 Å². The Bertz CT molecular complexity index is 558. The molecular formula is C19H30N2O2. The third kappa shape index (κ3) is 2.02. The van der Waals surface area contributed by atoms with Crippen molar-refractivity contribution in [2.24, 2.45) is 44.8 Å². The zero-order chi connectivity index (χ0) is 16.2. The molecule has 0 unspecified atom stereocenters. The van der Waals surface area contributed by atoms with Crippen LogP contribution in [0.4, 0.5) is 0 Å². The SMILES string of the molecule is C[C@]12CCC(=NO)C[C@@H]1CC[C@H]1[C@H]3CCC(=NO)[C@@]3(C)CC[C@@H]12. The molecule has 2 N–H and O–H groups in total. The number of nitrogens with zero attached hydrogens (tertiary/aromatic N) is 2. The average molecular weight is 318 g/mol. The van der Waals surface area contributed by atoms with Crippen LogP contribution in [-0.4, -0.2) is 21.8 Å². The molecule has 0 aromatic carbocycles. The third-order valence-corrected chi connectivity index (χ3v) is 8.50. The fraction of sp³-hybridized carbons (Fsp3) is 0.895. The minimum absolute atomic E-state index is 0.144. The summed E-state index contributed by atoms with van der Waals surface area (Å²) in [5, 5.41) is 25.8. The van der Waals surface area contributed by atoms with Crippen molar-refractivity contribution in [3.8, 4) is 0 Å². The van der Waals surface area contributed by atoms with Crippen molar-refractivity contribution in [1.29, 1.82) is 0 Å². The lowest BCUT2D eigenvalue weighted by Gasteiger charge is -2.59. The van der Waals surface area contributed by atoms with Crippen LogP contribution in [0, 0.1) is 34.5 Å². The lowest BCUT2D eigenvalue weighted by atomic mass is 9.45. The molecule has 0 aromatic heterocycles. The van der Waals surface area contributed by atoms with Gasteiger partial charge in [0.25, 0.3) is 0 Å². The van der Waals surface area contributed by atoms with Gasteiger partial charge in [0.1, 0.15) is 0 Å². The van der Waals surface area contributed by atoms with Gasteiger partial charge in [0.15, 0.2) is 0 Å². The summed E-state index contributed by atoms with van der Waals surface area (Å²) in [6.07, 6.45) is 10.4. The molecule has 0 bridgehead atoms. The van der Waals surface area contributed by atoms with Gasteiger partial charge in [0, 0.05) is 5.41 Å². The Morgan fingerprint density at radius 2 is 1.74 bits per heavy atom. The number of fused-ring (bicyclic) bond motifs is 5. The molecule has 0 saturated heterocycles. The van der Waals surface area contributed by atoms with Gasteiger partial charge in [0.05, 0.1) is 11.4 Å². The standard InChI is InChI=1S/C19H30N2O2/c1-18-9-7-13(20-22)11-12(18)3-4-14-15-5-6-17(21-23)19(15,2)10-8-16(14)18/h12,14-16,22-23H,3-11H2,1-2H3/t12-,14-,15+,16-,18-,19-/m0/s1. The summed E-state index contributed by atoms with van der Waals surface area (Å²) in [6.45, 7) is 4.86. The predicted octanol–water partition coefficient (Wildman–Crippen LogP) is 4.69. The molecule has 128 valence electrons. The first-order chi connectivity index (χ1) is 11.0. The van der Waals surface area contributed by atoms with Crippen LogP contribution in [0.1, 0.15) is 71.6 Å². The van der Waals surface area contributed by atoms with Crippen molar-refractivity contribution in [3.63, 3.8) is 0 Å². The molecule has 0 heterocycles. The predicted molar refractivity (Wildman–Crippen MR) is 90.2 cm³/mol. The molecule has 4 fully saturated rings. The maximum atomic E-state index is 9.41. The summed E-state index contributed by atoms with van der Waals surface area (Å²) in [5.41, 5.74) is 2.64. The second kappa shape index (κ2) is 5.22. The van der Waals surface area contributed by atoms with Crippen LogP contribution in [-0.2, 0) is 0 Å². The van der Waals surface area contributed by atoms with Gasteiger partial charge in [-0.25, -0.2) is 0 Å². The highest BCUT2D eigenvalue weighted by molar-refractivity contribution is 5.92. The first-order valence-electron chi connectivity index (χ1n) is 9.44. The quantitative estimate of drug-likeness (QED) is 0.502. The molecule has 0 amide bonds. The van der Waals surface area contributed by atoms with Gasteiger partial charge >= 0.3 is 0 Å². The lowest BCUT2D eigenvalue weighted by molar-refractivity contribution is -0.0819. The molecule has 0 aromatic rings. The average Bonchev–Trinajstić information content (AvgIpc) is 2.90. The molecule has 4 aliphatic carbocycles. The Morgan fingerprint density at radius 3 is 2.48 bits per heavy atom. The molecule has 0 spiro atoms. The fourth-order valence-electron chi connectivity index (χ4n) is 7.10. The first-order valence-corrected chi connectivity index (χ1v) is 9.44. The van der Waals surface area contributed by atoms with Crippen LogP contribution in [0.25, 0.3) is 0 Å². The number of hydrogen-bond acceptors (Lipinski definition) is 4. The molecule has 0 radical (unpaired) electrons. The van der Waals surface area contributed by atoms with E-state index < -0.39 is 0 Å². The van der Waals surface area contributed by atoms with E-state index in [1.807, 2.05) is 0 Å². The molecule has 4 heteroatoms. The molecule has 4 aliphatic rings. The van der Waals surface area contributed by atoms with E-state index in [0.717, 1.165) is 42.5 Å². The minimum atomic E-state index is 0.144. The summed E-state index contributed by atoms with van der Waals surface area (Å²) in [6, 6.07) is 0. The summed E-state index contributed by atoms with van der Waals surface area (Å²) in [4.78, 5) is 0. The Kier molecular flexibility index (Phi) is 3.51. The van der Waals surface area contributed by atoms with Crippen molar-refractivity contribution in [2.75, 3.05) is 0 Å². The van der Waals surface area contributed by atoms with Gasteiger partial charge in [0.2, 0.25) is 0 Å². The van der Waals surface area contributed by atoms with E-state index in [1.54, 1.807) is 0 Å². The molecule has 4 saturated carbocycles. The lowest BCUT2D eigenvalue weighted by Crippen LogP contribution is -2.53. The van der Waals surface area contributed by atoms with Crippen molar-refractivity contribution >= 4 is 11.4 Å². The smallest absolute Gasteiger partial charge is 0.0632 e. The van der Waals surface area contributed by atoms with Crippen LogP contribution in [0.15, 0.2) is 10.3 Å². The Hall–Kier alpha value is -1.06. The van der Waals surface area contributed by atoms with Gasteiger partial charge in [-0.2, -0.15) is 0 Å². The molecule has 0 aliphatic heterocycles. The van der Waals surface area contributed by atoms with Crippen LogP contribution < -0.4 is 0 Å². The zero-order valence-electron chi connectivity index (χ0n) is 14.5. The van der Waals surface area contributed by atoms with E-state index in [4.69, 9.17) is 5.21 Å². The highest BCUT2D eigenvalue weighted by atomic mass is 16.4. The summed E-state index contributed by atoms with van der Waals surface area (Å²) >= 11 is 0. The van der Waals surface area contributed by atoms with Crippen molar-refractivity contribution in [1.82, 2.24) is 0 Å². The number of rotatable bonds is 0. The van der Waals surface area contributed by atoms with Gasteiger partial charge in [-0.3, -0.25) is 0 Å².